The molecule has 1 atom stereocenters. The highest BCUT2D eigenvalue weighted by Crippen LogP contribution is 2.63. The zero-order chi connectivity index (χ0) is 52.8. The van der Waals surface area contributed by atoms with Crippen molar-refractivity contribution in [1.29, 1.82) is 0 Å². The molecule has 0 radical (unpaired) electrons. The Labute approximate surface area is 470 Å². The summed E-state index contributed by atoms with van der Waals surface area (Å²) in [6, 6.07) is 101. The van der Waals surface area contributed by atoms with E-state index in [9.17, 15) is 0 Å². The standard InChI is InChI=1S/C75H50BN3S/c1-47-37-40-68-62(41-47)76-63-45-61-73(80-72-36-20-15-31-59(72)75(61)58-30-14-9-27-54(58)55-39-38-51(44-60(55)75)77-66-34-18-12-28-56(66)57-29-13-19-35-67(57)77)46-69(63)79(65-33-17-11-26-53(65)50-23-7-4-8-24-50)71-43-48(2)42-70(74(71)76)78(68)64-32-16-10-25-52(64)49-21-5-3-6-22-49/h3-46H,1-2H3/t75-/m1/s1. The summed E-state index contributed by atoms with van der Waals surface area (Å²) in [5, 5.41) is 2.52. The van der Waals surface area contributed by atoms with Gasteiger partial charge in [0.2, 0.25) is 0 Å². The smallest absolute Gasteiger partial charge is 0.252 e. The minimum absolute atomic E-state index is 0.102. The van der Waals surface area contributed by atoms with Gasteiger partial charge in [0.05, 0.1) is 27.8 Å². The van der Waals surface area contributed by atoms with Crippen molar-refractivity contribution in [1.82, 2.24) is 4.57 Å². The molecular weight excluding hydrogens is 986 g/mol. The summed E-state index contributed by atoms with van der Waals surface area (Å²) in [5.74, 6) is 0. The molecule has 1 aromatic heterocycles. The Hall–Kier alpha value is -9.55. The molecular formula is C75H50BN3S. The van der Waals surface area contributed by atoms with E-state index >= 15 is 0 Å². The summed E-state index contributed by atoms with van der Waals surface area (Å²) in [4.78, 5) is 7.76. The van der Waals surface area contributed by atoms with Crippen LogP contribution < -0.4 is 26.2 Å². The number of anilines is 6. The Morgan fingerprint density at radius 2 is 0.875 bits per heavy atom. The minimum Gasteiger partial charge on any atom is -0.311 e. The Bertz CT molecular complexity index is 4700. The Kier molecular flexibility index (Phi) is 9.79. The van der Waals surface area contributed by atoms with Crippen molar-refractivity contribution in [2.75, 3.05) is 9.80 Å². The number of benzene rings is 12. The van der Waals surface area contributed by atoms with Crippen molar-refractivity contribution >= 4 is 90.8 Å². The summed E-state index contributed by atoms with van der Waals surface area (Å²) in [7, 11) is 0. The second-order valence-corrected chi connectivity index (χ2v) is 23.1. The topological polar surface area (TPSA) is 11.4 Å². The van der Waals surface area contributed by atoms with Gasteiger partial charge in [-0.1, -0.05) is 218 Å². The number of aryl methyl sites for hydroxylation is 2. The molecule has 0 saturated heterocycles. The minimum atomic E-state index is -0.652. The van der Waals surface area contributed by atoms with Crippen molar-refractivity contribution in [3.05, 3.63) is 300 Å². The highest BCUT2D eigenvalue weighted by Gasteiger charge is 2.53. The van der Waals surface area contributed by atoms with Gasteiger partial charge in [-0.25, -0.2) is 0 Å². The van der Waals surface area contributed by atoms with E-state index in [2.05, 4.69) is 295 Å². The highest BCUT2D eigenvalue weighted by molar-refractivity contribution is 7.99. The molecule has 0 bridgehead atoms. The normalized spacial score (nSPS) is 15.1. The predicted octanol–water partition coefficient (Wildman–Crippen LogP) is 17.6. The first-order valence-electron chi connectivity index (χ1n) is 27.9. The van der Waals surface area contributed by atoms with Crippen molar-refractivity contribution in [2.45, 2.75) is 29.1 Å². The number of hydrogen-bond donors (Lipinski definition) is 0. The van der Waals surface area contributed by atoms with Crippen LogP contribution in [0, 0.1) is 13.8 Å². The van der Waals surface area contributed by atoms with Gasteiger partial charge in [0, 0.05) is 60.1 Å². The summed E-state index contributed by atoms with van der Waals surface area (Å²) in [5.41, 5.74) is 29.1. The first-order chi connectivity index (χ1) is 39.5. The van der Waals surface area contributed by atoms with Gasteiger partial charge in [0.1, 0.15) is 0 Å². The lowest BCUT2D eigenvalue weighted by molar-refractivity contribution is 0.722. The molecule has 4 aliphatic rings. The molecule has 1 aliphatic carbocycles. The lowest BCUT2D eigenvalue weighted by Crippen LogP contribution is -2.61. The number of nitrogens with zero attached hydrogens (tertiary/aromatic N) is 3. The maximum atomic E-state index is 2.68. The number of aromatic nitrogens is 1. The fourth-order valence-corrected chi connectivity index (χ4v) is 15.8. The molecule has 0 fully saturated rings. The summed E-state index contributed by atoms with van der Waals surface area (Å²) in [6.07, 6.45) is 0. The zero-order valence-electron chi connectivity index (χ0n) is 44.2. The van der Waals surface area contributed by atoms with E-state index in [0.717, 1.165) is 17.1 Å². The second-order valence-electron chi connectivity index (χ2n) is 22.0. The first kappa shape index (κ1) is 45.5. The van der Waals surface area contributed by atoms with Crippen LogP contribution in [0.1, 0.15) is 33.4 Å². The third kappa shape index (κ3) is 6.29. The van der Waals surface area contributed by atoms with Crippen LogP contribution in [0.25, 0.3) is 60.9 Å². The molecule has 0 saturated carbocycles. The molecule has 80 heavy (non-hydrogen) atoms. The number of para-hydroxylation sites is 4. The van der Waals surface area contributed by atoms with Crippen molar-refractivity contribution in [3.63, 3.8) is 0 Å². The first-order valence-corrected chi connectivity index (χ1v) is 28.7. The molecule has 13 aromatic rings. The van der Waals surface area contributed by atoms with Crippen LogP contribution in [0.5, 0.6) is 0 Å². The van der Waals surface area contributed by atoms with Crippen molar-refractivity contribution < 1.29 is 0 Å². The zero-order valence-corrected chi connectivity index (χ0v) is 45.0. The maximum Gasteiger partial charge on any atom is 0.252 e. The van der Waals surface area contributed by atoms with Gasteiger partial charge in [0.25, 0.3) is 6.71 Å². The van der Waals surface area contributed by atoms with Crippen molar-refractivity contribution in [2.24, 2.45) is 0 Å². The molecule has 374 valence electrons. The number of fused-ring (bicyclic) bond motifs is 16. The van der Waals surface area contributed by atoms with E-state index in [0.29, 0.717) is 0 Å². The van der Waals surface area contributed by atoms with Gasteiger partial charge in [0.15, 0.2) is 0 Å². The van der Waals surface area contributed by atoms with Gasteiger partial charge >= 0.3 is 0 Å². The quantitative estimate of drug-likeness (QED) is 0.159. The third-order valence-electron chi connectivity index (χ3n) is 17.7. The average molecular weight is 1040 g/mol. The Balaban J connectivity index is 0.992. The molecule has 1 spiro atoms. The molecule has 17 rings (SSSR count). The lowest BCUT2D eigenvalue weighted by Gasteiger charge is -2.46. The molecule has 3 aliphatic heterocycles. The fraction of sp³-hybridized carbons (Fsp3) is 0.0400. The van der Waals surface area contributed by atoms with Gasteiger partial charge in [-0.15, -0.1) is 0 Å². The van der Waals surface area contributed by atoms with E-state index in [1.54, 1.807) is 0 Å². The molecule has 5 heteroatoms. The second kappa shape index (κ2) is 17.2. The van der Waals surface area contributed by atoms with E-state index < -0.39 is 5.41 Å². The van der Waals surface area contributed by atoms with Crippen molar-refractivity contribution in [3.8, 4) is 39.1 Å². The Morgan fingerprint density at radius 1 is 0.338 bits per heavy atom. The molecule has 0 unspecified atom stereocenters. The van der Waals surface area contributed by atoms with Gasteiger partial charge in [-0.2, -0.15) is 0 Å². The van der Waals surface area contributed by atoms with Crippen LogP contribution in [0.3, 0.4) is 0 Å². The molecule has 0 N–H and O–H groups in total. The van der Waals surface area contributed by atoms with E-state index in [1.165, 1.54) is 137 Å². The third-order valence-corrected chi connectivity index (χ3v) is 18.8. The van der Waals surface area contributed by atoms with Gasteiger partial charge in [-0.3, -0.25) is 0 Å². The summed E-state index contributed by atoms with van der Waals surface area (Å²) >= 11 is 1.92. The summed E-state index contributed by atoms with van der Waals surface area (Å²) < 4.78 is 2.49. The fourth-order valence-electron chi connectivity index (χ4n) is 14.6. The van der Waals surface area contributed by atoms with Crippen LogP contribution in [0.2, 0.25) is 0 Å². The molecule has 3 nitrogen and oxygen atoms in total. The van der Waals surface area contributed by atoms with Crippen LogP contribution in [-0.4, -0.2) is 11.3 Å². The SMILES string of the molecule is Cc1ccc2c(c1)B1c3cc4c(cc3N(c3ccccc3-c3ccccc3)c3cc(C)cc(c31)N2c1ccccc1-c1ccccc1)Sc1ccccc1[C@@]41c2ccccc2-c2ccc(-n3c4ccccc4c4ccccc43)cc21. The monoisotopic (exact) mass is 1040 g/mol. The van der Waals surface area contributed by atoms with E-state index in [1.807, 2.05) is 11.8 Å². The molecule has 0 amide bonds. The Morgan fingerprint density at radius 3 is 1.55 bits per heavy atom. The average Bonchev–Trinajstić information content (AvgIpc) is 2.69. The number of hydrogen-bond acceptors (Lipinski definition) is 3. The van der Waals surface area contributed by atoms with E-state index in [-0.39, 0.29) is 6.71 Å². The predicted molar refractivity (Wildman–Crippen MR) is 337 cm³/mol. The lowest BCUT2D eigenvalue weighted by atomic mass is 9.33. The van der Waals surface area contributed by atoms with Gasteiger partial charge in [-0.05, 0) is 147 Å². The van der Waals surface area contributed by atoms with Crippen LogP contribution in [0.15, 0.2) is 277 Å². The van der Waals surface area contributed by atoms with Crippen LogP contribution in [-0.2, 0) is 5.41 Å². The van der Waals surface area contributed by atoms with E-state index in [4.69, 9.17) is 0 Å². The highest BCUT2D eigenvalue weighted by atomic mass is 32.2. The van der Waals surface area contributed by atoms with Gasteiger partial charge < -0.3 is 14.4 Å². The summed E-state index contributed by atoms with van der Waals surface area (Å²) in [6.45, 7) is 4.44. The molecule has 12 aromatic carbocycles. The maximum absolute atomic E-state index is 2.68. The van der Waals surface area contributed by atoms with Crippen LogP contribution >= 0.6 is 11.8 Å². The molecule has 4 heterocycles. The number of rotatable bonds is 5. The largest absolute Gasteiger partial charge is 0.311 e. The van der Waals surface area contributed by atoms with Crippen LogP contribution in [0.4, 0.5) is 34.1 Å².